The lowest BCUT2D eigenvalue weighted by molar-refractivity contribution is -0.137. The Bertz CT molecular complexity index is 516. The summed E-state index contributed by atoms with van der Waals surface area (Å²) in [4.78, 5) is 37.8. The van der Waals surface area contributed by atoms with Crippen LogP contribution >= 0.6 is 0 Å². The highest BCUT2D eigenvalue weighted by Gasteiger charge is 2.33. The SMILES string of the molecule is CC(C)C(=O)[C@H](CN)NC(=O)[C@@H](CC(=O)C(CCN)CC1CCCC1)C(C)O. The molecule has 7 nitrogen and oxygen atoms in total. The molecule has 1 amide bonds. The number of Topliss-reactive ketones (excluding diaryl/α,β-unsaturated/α-hetero) is 2. The second-order valence-corrected chi connectivity index (χ2v) is 8.53. The average molecular weight is 398 g/mol. The Kier molecular flexibility index (Phi) is 10.9. The molecule has 28 heavy (non-hydrogen) atoms. The van der Waals surface area contributed by atoms with E-state index in [9.17, 15) is 19.5 Å². The van der Waals surface area contributed by atoms with Gasteiger partial charge in [0.25, 0.3) is 0 Å². The third-order valence-corrected chi connectivity index (χ3v) is 5.87. The Morgan fingerprint density at radius 2 is 1.71 bits per heavy atom. The molecule has 0 saturated heterocycles. The van der Waals surface area contributed by atoms with Crippen molar-refractivity contribution in [1.82, 2.24) is 5.32 Å². The third kappa shape index (κ3) is 7.60. The van der Waals surface area contributed by atoms with Gasteiger partial charge in [-0.3, -0.25) is 14.4 Å². The van der Waals surface area contributed by atoms with Crippen LogP contribution in [0.5, 0.6) is 0 Å². The van der Waals surface area contributed by atoms with E-state index in [0.29, 0.717) is 18.9 Å². The number of ketones is 2. The minimum absolute atomic E-state index is 0.0132. The van der Waals surface area contributed by atoms with Crippen molar-refractivity contribution in [3.8, 4) is 0 Å². The van der Waals surface area contributed by atoms with Crippen molar-refractivity contribution in [2.45, 2.75) is 77.9 Å². The molecule has 1 fully saturated rings. The lowest BCUT2D eigenvalue weighted by Crippen LogP contribution is -2.51. The van der Waals surface area contributed by atoms with Gasteiger partial charge in [-0.25, -0.2) is 0 Å². The zero-order valence-electron chi connectivity index (χ0n) is 17.7. The zero-order valence-corrected chi connectivity index (χ0v) is 17.7. The zero-order chi connectivity index (χ0) is 21.3. The first-order valence-corrected chi connectivity index (χ1v) is 10.7. The topological polar surface area (TPSA) is 136 Å². The molecular weight excluding hydrogens is 358 g/mol. The van der Waals surface area contributed by atoms with Crippen LogP contribution in [0.15, 0.2) is 0 Å². The van der Waals surface area contributed by atoms with Crippen molar-refractivity contribution in [3.63, 3.8) is 0 Å². The van der Waals surface area contributed by atoms with Crippen LogP contribution in [-0.2, 0) is 14.4 Å². The first-order valence-electron chi connectivity index (χ1n) is 10.7. The van der Waals surface area contributed by atoms with Crippen molar-refractivity contribution < 1.29 is 19.5 Å². The molecule has 2 unspecified atom stereocenters. The Balaban J connectivity index is 2.78. The second-order valence-electron chi connectivity index (χ2n) is 8.53. The minimum Gasteiger partial charge on any atom is -0.393 e. The lowest BCUT2D eigenvalue weighted by Gasteiger charge is -2.25. The van der Waals surface area contributed by atoms with E-state index in [1.165, 1.54) is 19.8 Å². The summed E-state index contributed by atoms with van der Waals surface area (Å²) in [6.45, 7) is 5.39. The number of rotatable bonds is 13. The van der Waals surface area contributed by atoms with Gasteiger partial charge in [-0.05, 0) is 32.2 Å². The molecule has 1 saturated carbocycles. The van der Waals surface area contributed by atoms with Crippen LogP contribution in [0.1, 0.15) is 65.7 Å². The molecule has 0 radical (unpaired) electrons. The summed E-state index contributed by atoms with van der Waals surface area (Å²) in [5, 5.41) is 12.7. The van der Waals surface area contributed by atoms with Gasteiger partial charge >= 0.3 is 0 Å². The number of nitrogens with one attached hydrogen (secondary N) is 1. The molecule has 0 heterocycles. The summed E-state index contributed by atoms with van der Waals surface area (Å²) in [6.07, 6.45) is 5.06. The summed E-state index contributed by atoms with van der Waals surface area (Å²) in [7, 11) is 0. The van der Waals surface area contributed by atoms with E-state index in [1.807, 2.05) is 0 Å². The standard InChI is InChI=1S/C21H39N3O4/c1-13(2)20(27)18(12-23)24-21(28)17(14(3)25)11-19(26)16(8-9-22)10-15-6-4-5-7-15/h13-18,25H,4-12,22-23H2,1-3H3,(H,24,28)/t14?,16?,17-,18-/m0/s1. The molecule has 162 valence electrons. The molecule has 1 rings (SSSR count). The molecule has 0 aliphatic heterocycles. The number of nitrogens with two attached hydrogens (primary N) is 2. The molecule has 0 aromatic heterocycles. The highest BCUT2D eigenvalue weighted by Crippen LogP contribution is 2.32. The van der Waals surface area contributed by atoms with Gasteiger partial charge < -0.3 is 21.9 Å². The van der Waals surface area contributed by atoms with E-state index in [0.717, 1.165) is 19.3 Å². The lowest BCUT2D eigenvalue weighted by atomic mass is 9.83. The molecule has 4 atom stereocenters. The first kappa shape index (κ1) is 24.7. The van der Waals surface area contributed by atoms with Gasteiger partial charge in [0, 0.05) is 24.8 Å². The van der Waals surface area contributed by atoms with Crippen LogP contribution in [0.3, 0.4) is 0 Å². The number of carbonyl (C=O) groups is 3. The molecule has 0 aromatic carbocycles. The quantitative estimate of drug-likeness (QED) is 0.368. The second kappa shape index (κ2) is 12.3. The molecule has 0 bridgehead atoms. The fourth-order valence-corrected chi connectivity index (χ4v) is 4.05. The molecular formula is C21H39N3O4. The average Bonchev–Trinajstić information content (AvgIpc) is 3.15. The summed E-state index contributed by atoms with van der Waals surface area (Å²) in [5.74, 6) is -1.48. The van der Waals surface area contributed by atoms with Crippen molar-refractivity contribution in [3.05, 3.63) is 0 Å². The van der Waals surface area contributed by atoms with E-state index >= 15 is 0 Å². The maximum Gasteiger partial charge on any atom is 0.226 e. The Hall–Kier alpha value is -1.31. The van der Waals surface area contributed by atoms with E-state index in [1.54, 1.807) is 13.8 Å². The fraction of sp³-hybridized carbons (Fsp3) is 0.857. The fourth-order valence-electron chi connectivity index (χ4n) is 4.05. The highest BCUT2D eigenvalue weighted by molar-refractivity contribution is 5.93. The molecule has 7 heteroatoms. The van der Waals surface area contributed by atoms with E-state index in [-0.39, 0.29) is 36.4 Å². The summed E-state index contributed by atoms with van der Waals surface area (Å²) in [5.41, 5.74) is 11.3. The minimum atomic E-state index is -0.999. The normalized spacial score (nSPS) is 19.2. The summed E-state index contributed by atoms with van der Waals surface area (Å²) < 4.78 is 0. The third-order valence-electron chi connectivity index (χ3n) is 5.87. The van der Waals surface area contributed by atoms with E-state index in [2.05, 4.69) is 5.32 Å². The van der Waals surface area contributed by atoms with Gasteiger partial charge in [0.2, 0.25) is 5.91 Å². The van der Waals surface area contributed by atoms with E-state index < -0.39 is 24.0 Å². The Labute approximate surface area is 169 Å². The van der Waals surface area contributed by atoms with Gasteiger partial charge in [-0.2, -0.15) is 0 Å². The molecule has 1 aliphatic carbocycles. The predicted octanol–water partition coefficient (Wildman–Crippen LogP) is 1.16. The number of hydrogen-bond acceptors (Lipinski definition) is 6. The summed E-state index contributed by atoms with van der Waals surface area (Å²) >= 11 is 0. The molecule has 0 spiro atoms. The van der Waals surface area contributed by atoms with Gasteiger partial charge in [-0.15, -0.1) is 0 Å². The smallest absolute Gasteiger partial charge is 0.226 e. The molecule has 6 N–H and O–H groups in total. The maximum atomic E-state index is 12.9. The highest BCUT2D eigenvalue weighted by atomic mass is 16.3. The van der Waals surface area contributed by atoms with Crippen molar-refractivity contribution >= 4 is 17.5 Å². The number of aliphatic hydroxyl groups is 1. The van der Waals surface area contributed by atoms with Crippen molar-refractivity contribution in [2.24, 2.45) is 35.1 Å². The first-order chi connectivity index (χ1) is 13.2. The van der Waals surface area contributed by atoms with Gasteiger partial charge in [-0.1, -0.05) is 39.5 Å². The molecule has 1 aliphatic rings. The Morgan fingerprint density at radius 1 is 1.11 bits per heavy atom. The van der Waals surface area contributed by atoms with Crippen molar-refractivity contribution in [1.29, 1.82) is 0 Å². The Morgan fingerprint density at radius 3 is 2.18 bits per heavy atom. The monoisotopic (exact) mass is 397 g/mol. The van der Waals surface area contributed by atoms with Gasteiger partial charge in [0.15, 0.2) is 5.78 Å². The number of hydrogen-bond donors (Lipinski definition) is 4. The number of aliphatic hydroxyl groups excluding tert-OH is 1. The largest absolute Gasteiger partial charge is 0.393 e. The number of carbonyl (C=O) groups excluding carboxylic acids is 3. The van der Waals surface area contributed by atoms with Crippen LogP contribution in [0.2, 0.25) is 0 Å². The van der Waals surface area contributed by atoms with Gasteiger partial charge in [0.05, 0.1) is 18.1 Å². The van der Waals surface area contributed by atoms with E-state index in [4.69, 9.17) is 11.5 Å². The van der Waals surface area contributed by atoms with Gasteiger partial charge in [0.1, 0.15) is 5.78 Å². The number of amides is 1. The van der Waals surface area contributed by atoms with Crippen molar-refractivity contribution in [2.75, 3.05) is 13.1 Å². The van der Waals surface area contributed by atoms with Crippen LogP contribution in [0.4, 0.5) is 0 Å². The predicted molar refractivity (Wildman–Crippen MR) is 109 cm³/mol. The summed E-state index contributed by atoms with van der Waals surface area (Å²) in [6, 6.07) is -0.804. The van der Waals surface area contributed by atoms with Crippen LogP contribution in [0, 0.1) is 23.7 Å². The van der Waals surface area contributed by atoms with Crippen LogP contribution < -0.4 is 16.8 Å². The van der Waals surface area contributed by atoms with Crippen LogP contribution in [-0.4, -0.2) is 47.8 Å². The molecule has 0 aromatic rings. The maximum absolute atomic E-state index is 12.9. The van der Waals surface area contributed by atoms with Crippen LogP contribution in [0.25, 0.3) is 0 Å².